The molecule has 0 aliphatic carbocycles. The molecule has 0 bridgehead atoms. The van der Waals surface area contributed by atoms with E-state index in [1.54, 1.807) is 6.20 Å². The van der Waals surface area contributed by atoms with E-state index in [1.165, 1.54) is 16.4 Å². The van der Waals surface area contributed by atoms with Crippen LogP contribution in [0.3, 0.4) is 0 Å². The van der Waals surface area contributed by atoms with E-state index in [0.29, 0.717) is 6.54 Å². The van der Waals surface area contributed by atoms with Crippen molar-refractivity contribution in [2.24, 2.45) is 0 Å². The van der Waals surface area contributed by atoms with Gasteiger partial charge in [-0.15, -0.1) is 5.10 Å². The molecule has 0 aliphatic heterocycles. The molecule has 2 N–H and O–H groups in total. The normalized spacial score (nSPS) is 9.55. The molecular weight excluding hydrogens is 148 g/mol. The molecule has 0 atom stereocenters. The van der Waals surface area contributed by atoms with E-state index in [-0.39, 0.29) is 6.42 Å². The van der Waals surface area contributed by atoms with Crippen molar-refractivity contribution in [1.82, 2.24) is 20.5 Å². The van der Waals surface area contributed by atoms with Gasteiger partial charge in [-0.3, -0.25) is 14.7 Å². The van der Waals surface area contributed by atoms with Crippen molar-refractivity contribution in [2.45, 2.75) is 13.0 Å². The highest BCUT2D eigenvalue weighted by Crippen LogP contribution is 1.85. The third-order valence-corrected chi connectivity index (χ3v) is 1.16. The molecule has 60 valence electrons. The summed E-state index contributed by atoms with van der Waals surface area (Å²) >= 11 is 0. The first kappa shape index (κ1) is 7.67. The molecule has 0 unspecified atom stereocenters. The Bertz CT molecular complexity index is 220. The van der Waals surface area contributed by atoms with Gasteiger partial charge in [0.25, 0.3) is 0 Å². The lowest BCUT2D eigenvalue weighted by Crippen LogP contribution is -2.20. The number of nitrogens with zero attached hydrogens (tertiary/aromatic N) is 3. The fourth-order valence-corrected chi connectivity index (χ4v) is 0.624. The molecule has 1 rings (SSSR count). The Morgan fingerprint density at radius 2 is 2.55 bits per heavy atom. The van der Waals surface area contributed by atoms with E-state index in [2.05, 4.69) is 10.3 Å². The van der Waals surface area contributed by atoms with E-state index < -0.39 is 5.91 Å². The second-order valence-electron chi connectivity index (χ2n) is 1.95. The Morgan fingerprint density at radius 3 is 3.09 bits per heavy atom. The van der Waals surface area contributed by atoms with Crippen LogP contribution in [0.5, 0.6) is 0 Å². The quantitative estimate of drug-likeness (QED) is 0.442. The Labute approximate surface area is 62.8 Å². The number of hydroxylamine groups is 1. The minimum absolute atomic E-state index is 0.194. The summed E-state index contributed by atoms with van der Waals surface area (Å²) in [7, 11) is 0. The van der Waals surface area contributed by atoms with Gasteiger partial charge in [0.05, 0.1) is 12.7 Å². The molecule has 1 aromatic heterocycles. The number of hydrogen-bond acceptors (Lipinski definition) is 4. The predicted molar refractivity (Wildman–Crippen MR) is 34.6 cm³/mol. The maximum Gasteiger partial charge on any atom is 0.245 e. The molecule has 1 heterocycles. The van der Waals surface area contributed by atoms with Gasteiger partial charge in [-0.1, -0.05) is 5.21 Å². The van der Waals surface area contributed by atoms with Crippen LogP contribution in [0.2, 0.25) is 0 Å². The van der Waals surface area contributed by atoms with E-state index in [0.717, 1.165) is 0 Å². The lowest BCUT2D eigenvalue weighted by molar-refractivity contribution is -0.129. The minimum Gasteiger partial charge on any atom is -0.289 e. The number of amides is 1. The van der Waals surface area contributed by atoms with E-state index in [1.807, 2.05) is 0 Å². The summed E-state index contributed by atoms with van der Waals surface area (Å²) < 4.78 is 1.51. The van der Waals surface area contributed by atoms with Crippen molar-refractivity contribution in [2.75, 3.05) is 0 Å². The van der Waals surface area contributed by atoms with Crippen molar-refractivity contribution in [1.29, 1.82) is 0 Å². The summed E-state index contributed by atoms with van der Waals surface area (Å²) in [5, 5.41) is 15.3. The molecule has 1 amide bonds. The largest absolute Gasteiger partial charge is 0.289 e. The van der Waals surface area contributed by atoms with Gasteiger partial charge in [0, 0.05) is 12.6 Å². The standard InChI is InChI=1S/C5H8N4O2/c10-5(7-11)1-3-9-4-2-6-8-9/h2,4,11H,1,3H2,(H,7,10). The number of aromatic nitrogens is 3. The second-order valence-corrected chi connectivity index (χ2v) is 1.95. The number of hydrogen-bond donors (Lipinski definition) is 2. The molecule has 6 nitrogen and oxygen atoms in total. The molecule has 6 heteroatoms. The van der Waals surface area contributed by atoms with Crippen LogP contribution in [0, 0.1) is 0 Å². The molecule has 0 aliphatic rings. The smallest absolute Gasteiger partial charge is 0.245 e. The number of aryl methyl sites for hydroxylation is 1. The Kier molecular flexibility index (Phi) is 2.56. The first-order chi connectivity index (χ1) is 5.33. The SMILES string of the molecule is O=C(CCn1ccnn1)NO. The maximum atomic E-state index is 10.5. The molecule has 11 heavy (non-hydrogen) atoms. The number of carbonyl (C=O) groups excluding carboxylic acids is 1. The number of carbonyl (C=O) groups is 1. The average molecular weight is 156 g/mol. The van der Waals surface area contributed by atoms with Crippen LogP contribution in [-0.2, 0) is 11.3 Å². The highest BCUT2D eigenvalue weighted by molar-refractivity contribution is 5.74. The third-order valence-electron chi connectivity index (χ3n) is 1.16. The zero-order chi connectivity index (χ0) is 8.10. The number of rotatable bonds is 3. The Hall–Kier alpha value is -1.43. The zero-order valence-electron chi connectivity index (χ0n) is 5.77. The molecule has 0 saturated heterocycles. The van der Waals surface area contributed by atoms with Crippen molar-refractivity contribution in [3.05, 3.63) is 12.4 Å². The predicted octanol–water partition coefficient (Wildman–Crippen LogP) is -0.826. The lowest BCUT2D eigenvalue weighted by Gasteiger charge is -1.97. The lowest BCUT2D eigenvalue weighted by atomic mass is 10.4. The first-order valence-electron chi connectivity index (χ1n) is 3.10. The molecule has 0 spiro atoms. The molecule has 1 aromatic rings. The second kappa shape index (κ2) is 3.67. The zero-order valence-corrected chi connectivity index (χ0v) is 5.77. The highest BCUT2D eigenvalue weighted by atomic mass is 16.5. The van der Waals surface area contributed by atoms with Gasteiger partial charge in [-0.25, -0.2) is 5.48 Å². The summed E-state index contributed by atoms with van der Waals surface area (Å²) in [6.45, 7) is 0.423. The Balaban J connectivity index is 2.29. The summed E-state index contributed by atoms with van der Waals surface area (Å²) in [4.78, 5) is 10.5. The van der Waals surface area contributed by atoms with E-state index >= 15 is 0 Å². The van der Waals surface area contributed by atoms with Crippen molar-refractivity contribution in [3.8, 4) is 0 Å². The monoisotopic (exact) mass is 156 g/mol. The fourth-order valence-electron chi connectivity index (χ4n) is 0.624. The van der Waals surface area contributed by atoms with Gasteiger partial charge in [-0.2, -0.15) is 0 Å². The van der Waals surface area contributed by atoms with Crippen LogP contribution in [0.15, 0.2) is 12.4 Å². The van der Waals surface area contributed by atoms with Crippen molar-refractivity contribution in [3.63, 3.8) is 0 Å². The summed E-state index contributed by atoms with van der Waals surface area (Å²) in [5.74, 6) is -0.430. The van der Waals surface area contributed by atoms with Crippen LogP contribution in [0.1, 0.15) is 6.42 Å². The molecule has 0 fully saturated rings. The first-order valence-corrected chi connectivity index (χ1v) is 3.10. The average Bonchev–Trinajstić information content (AvgIpc) is 2.52. The third kappa shape index (κ3) is 2.34. The van der Waals surface area contributed by atoms with Crippen LogP contribution in [0.25, 0.3) is 0 Å². The van der Waals surface area contributed by atoms with Crippen molar-refractivity contribution < 1.29 is 10.0 Å². The summed E-state index contributed by atoms with van der Waals surface area (Å²) in [6.07, 6.45) is 3.36. The Morgan fingerprint density at radius 1 is 1.73 bits per heavy atom. The van der Waals surface area contributed by atoms with E-state index in [4.69, 9.17) is 5.21 Å². The summed E-state index contributed by atoms with van der Waals surface area (Å²) in [6, 6.07) is 0. The van der Waals surface area contributed by atoms with Crippen LogP contribution in [0.4, 0.5) is 0 Å². The van der Waals surface area contributed by atoms with Crippen LogP contribution < -0.4 is 5.48 Å². The van der Waals surface area contributed by atoms with Crippen LogP contribution in [-0.4, -0.2) is 26.1 Å². The maximum absolute atomic E-state index is 10.5. The molecule has 0 saturated carbocycles. The summed E-state index contributed by atoms with van der Waals surface area (Å²) in [5.41, 5.74) is 1.53. The highest BCUT2D eigenvalue weighted by Gasteiger charge is 1.98. The van der Waals surface area contributed by atoms with Gasteiger partial charge in [0.2, 0.25) is 5.91 Å². The molecular formula is C5H8N4O2. The van der Waals surface area contributed by atoms with Gasteiger partial charge < -0.3 is 0 Å². The minimum atomic E-state index is -0.430. The fraction of sp³-hybridized carbons (Fsp3) is 0.400. The van der Waals surface area contributed by atoms with Crippen LogP contribution >= 0.6 is 0 Å². The van der Waals surface area contributed by atoms with Gasteiger partial charge in [0.1, 0.15) is 0 Å². The van der Waals surface area contributed by atoms with Gasteiger partial charge >= 0.3 is 0 Å². The molecule has 0 radical (unpaired) electrons. The number of nitrogens with one attached hydrogen (secondary N) is 1. The van der Waals surface area contributed by atoms with Gasteiger partial charge in [-0.05, 0) is 0 Å². The van der Waals surface area contributed by atoms with Crippen molar-refractivity contribution >= 4 is 5.91 Å². The molecule has 0 aromatic carbocycles. The van der Waals surface area contributed by atoms with E-state index in [9.17, 15) is 4.79 Å². The van der Waals surface area contributed by atoms with Gasteiger partial charge in [0.15, 0.2) is 0 Å². The topological polar surface area (TPSA) is 80.0 Å².